The summed E-state index contributed by atoms with van der Waals surface area (Å²) in [6.45, 7) is 6.10. The zero-order chi connectivity index (χ0) is 18.7. The number of anilines is 1. The number of carbonyl (C=O) groups is 2. The molecule has 2 amide bonds. The van der Waals surface area contributed by atoms with Crippen molar-refractivity contribution in [3.63, 3.8) is 0 Å². The molecule has 0 saturated heterocycles. The first kappa shape index (κ1) is 17.9. The average molecular weight is 353 g/mol. The Balaban J connectivity index is 1.77. The first-order valence-electron chi connectivity index (χ1n) is 8.82. The van der Waals surface area contributed by atoms with E-state index in [1.165, 1.54) is 0 Å². The number of benzene rings is 1. The number of hydrogen-bond donors (Lipinski definition) is 2. The molecule has 1 atom stereocenters. The van der Waals surface area contributed by atoms with Crippen LogP contribution in [0.25, 0.3) is 0 Å². The lowest BCUT2D eigenvalue weighted by molar-refractivity contribution is -0.116. The normalized spacial score (nSPS) is 14.2. The zero-order valence-corrected chi connectivity index (χ0v) is 15.3. The van der Waals surface area contributed by atoms with Crippen molar-refractivity contribution in [3.8, 4) is 5.88 Å². The fourth-order valence-electron chi connectivity index (χ4n) is 2.98. The van der Waals surface area contributed by atoms with E-state index in [4.69, 9.17) is 4.74 Å². The molecule has 0 unspecified atom stereocenters. The first-order valence-corrected chi connectivity index (χ1v) is 8.82. The summed E-state index contributed by atoms with van der Waals surface area (Å²) in [5.41, 5.74) is 4.16. The number of nitrogens with one attached hydrogen (secondary N) is 2. The first-order chi connectivity index (χ1) is 12.5. The van der Waals surface area contributed by atoms with Gasteiger partial charge < -0.3 is 15.4 Å². The summed E-state index contributed by atoms with van der Waals surface area (Å²) < 4.78 is 5.50. The van der Waals surface area contributed by atoms with E-state index < -0.39 is 0 Å². The van der Waals surface area contributed by atoms with Crippen molar-refractivity contribution in [2.24, 2.45) is 0 Å². The summed E-state index contributed by atoms with van der Waals surface area (Å²) in [6, 6.07) is 9.20. The number of amides is 2. The molecule has 0 spiro atoms. The lowest BCUT2D eigenvalue weighted by Gasteiger charge is -2.20. The Morgan fingerprint density at radius 2 is 2.12 bits per heavy atom. The third-order valence-electron chi connectivity index (χ3n) is 4.40. The predicted molar refractivity (Wildman–Crippen MR) is 99.4 cm³/mol. The minimum absolute atomic E-state index is 0.0434. The fourth-order valence-corrected chi connectivity index (χ4v) is 2.98. The number of aryl methyl sites for hydroxylation is 2. The van der Waals surface area contributed by atoms with Gasteiger partial charge in [-0.1, -0.05) is 12.1 Å². The number of aromatic nitrogens is 1. The van der Waals surface area contributed by atoms with Crippen molar-refractivity contribution in [2.45, 2.75) is 39.7 Å². The molecule has 26 heavy (non-hydrogen) atoms. The maximum absolute atomic E-state index is 12.7. The second kappa shape index (κ2) is 7.56. The molecule has 6 heteroatoms. The van der Waals surface area contributed by atoms with Crippen LogP contribution in [0.15, 0.2) is 30.3 Å². The van der Waals surface area contributed by atoms with Gasteiger partial charge in [-0.05, 0) is 56.5 Å². The van der Waals surface area contributed by atoms with Crippen molar-refractivity contribution in [1.82, 2.24) is 10.3 Å². The third-order valence-corrected chi connectivity index (χ3v) is 4.40. The minimum atomic E-state index is -0.223. The van der Waals surface area contributed by atoms with Gasteiger partial charge in [0.1, 0.15) is 5.56 Å². The SMILES string of the molecule is CCOc1nc(C)ccc1C(=O)N[C@H](C)c1ccc2c(c1)CCC(=O)N2. The van der Waals surface area contributed by atoms with Gasteiger partial charge in [-0.2, -0.15) is 0 Å². The monoisotopic (exact) mass is 353 g/mol. The number of nitrogens with zero attached hydrogens (tertiary/aromatic N) is 1. The van der Waals surface area contributed by atoms with E-state index in [0.717, 1.165) is 22.5 Å². The largest absolute Gasteiger partial charge is 0.477 e. The lowest BCUT2D eigenvalue weighted by atomic mass is 9.97. The number of fused-ring (bicyclic) bond motifs is 1. The summed E-state index contributed by atoms with van der Waals surface area (Å²) >= 11 is 0. The molecule has 1 aliphatic rings. The van der Waals surface area contributed by atoms with Gasteiger partial charge in [-0.3, -0.25) is 9.59 Å². The summed E-state index contributed by atoms with van der Waals surface area (Å²) in [5.74, 6) is 0.173. The van der Waals surface area contributed by atoms with Crippen molar-refractivity contribution < 1.29 is 14.3 Å². The molecule has 0 fully saturated rings. The highest BCUT2D eigenvalue weighted by Crippen LogP contribution is 2.26. The third kappa shape index (κ3) is 3.85. The van der Waals surface area contributed by atoms with Crippen molar-refractivity contribution in [2.75, 3.05) is 11.9 Å². The molecule has 0 bridgehead atoms. The number of hydrogen-bond acceptors (Lipinski definition) is 4. The van der Waals surface area contributed by atoms with Crippen LogP contribution in [0.3, 0.4) is 0 Å². The van der Waals surface area contributed by atoms with Crippen LogP contribution in [0.4, 0.5) is 5.69 Å². The van der Waals surface area contributed by atoms with Gasteiger partial charge in [0.05, 0.1) is 12.6 Å². The van der Waals surface area contributed by atoms with Gasteiger partial charge in [-0.25, -0.2) is 4.98 Å². The Labute approximate surface area is 153 Å². The molecule has 1 aliphatic heterocycles. The minimum Gasteiger partial charge on any atom is -0.477 e. The van der Waals surface area contributed by atoms with Gasteiger partial charge in [0, 0.05) is 17.8 Å². The number of ether oxygens (including phenoxy) is 1. The van der Waals surface area contributed by atoms with Crippen molar-refractivity contribution >= 4 is 17.5 Å². The maximum atomic E-state index is 12.7. The van der Waals surface area contributed by atoms with Crippen LogP contribution in [-0.2, 0) is 11.2 Å². The highest BCUT2D eigenvalue weighted by Gasteiger charge is 2.19. The molecule has 0 aliphatic carbocycles. The van der Waals surface area contributed by atoms with Crippen LogP contribution in [-0.4, -0.2) is 23.4 Å². The van der Waals surface area contributed by atoms with E-state index in [-0.39, 0.29) is 17.9 Å². The van der Waals surface area contributed by atoms with E-state index in [9.17, 15) is 9.59 Å². The Hall–Kier alpha value is -2.89. The second-order valence-electron chi connectivity index (χ2n) is 6.40. The molecule has 3 rings (SSSR count). The van der Waals surface area contributed by atoms with Crippen LogP contribution in [0.1, 0.15) is 53.5 Å². The van der Waals surface area contributed by atoms with Gasteiger partial charge in [0.15, 0.2) is 0 Å². The Morgan fingerprint density at radius 3 is 2.88 bits per heavy atom. The van der Waals surface area contributed by atoms with E-state index in [1.807, 2.05) is 39.0 Å². The molecule has 6 nitrogen and oxygen atoms in total. The summed E-state index contributed by atoms with van der Waals surface area (Å²) in [4.78, 5) is 28.5. The van der Waals surface area contributed by atoms with Gasteiger partial charge >= 0.3 is 0 Å². The Morgan fingerprint density at radius 1 is 1.31 bits per heavy atom. The number of rotatable bonds is 5. The van der Waals surface area contributed by atoms with E-state index in [0.29, 0.717) is 30.9 Å². The average Bonchev–Trinajstić information content (AvgIpc) is 2.61. The quantitative estimate of drug-likeness (QED) is 0.865. The van der Waals surface area contributed by atoms with Gasteiger partial charge in [0.2, 0.25) is 11.8 Å². The summed E-state index contributed by atoms with van der Waals surface area (Å²) in [6.07, 6.45) is 1.20. The van der Waals surface area contributed by atoms with Crippen LogP contribution >= 0.6 is 0 Å². The molecule has 2 N–H and O–H groups in total. The van der Waals surface area contributed by atoms with Crippen LogP contribution < -0.4 is 15.4 Å². The predicted octanol–water partition coefficient (Wildman–Crippen LogP) is 3.16. The molecule has 2 aromatic rings. The molecule has 1 aromatic heterocycles. The molecule has 0 saturated carbocycles. The smallest absolute Gasteiger partial charge is 0.257 e. The van der Waals surface area contributed by atoms with Gasteiger partial charge in [0.25, 0.3) is 5.91 Å². The number of pyridine rings is 1. The molecular weight excluding hydrogens is 330 g/mol. The summed E-state index contributed by atoms with van der Waals surface area (Å²) in [7, 11) is 0. The van der Waals surface area contributed by atoms with E-state index in [2.05, 4.69) is 15.6 Å². The molecule has 0 radical (unpaired) electrons. The van der Waals surface area contributed by atoms with Crippen molar-refractivity contribution in [1.29, 1.82) is 0 Å². The van der Waals surface area contributed by atoms with E-state index >= 15 is 0 Å². The topological polar surface area (TPSA) is 80.3 Å². The molecular formula is C20H23N3O3. The standard InChI is InChI=1S/C20H23N3O3/c1-4-26-20-16(8-5-12(2)21-20)19(25)22-13(3)14-6-9-17-15(11-14)7-10-18(24)23-17/h5-6,8-9,11,13H,4,7,10H2,1-3H3,(H,22,25)(H,23,24)/t13-/m1/s1. The summed E-state index contributed by atoms with van der Waals surface area (Å²) in [5, 5.41) is 5.87. The molecule has 136 valence electrons. The van der Waals surface area contributed by atoms with Crippen LogP contribution in [0.2, 0.25) is 0 Å². The Bertz CT molecular complexity index is 848. The highest BCUT2D eigenvalue weighted by atomic mass is 16.5. The van der Waals surface area contributed by atoms with Crippen molar-refractivity contribution in [3.05, 3.63) is 52.7 Å². The fraction of sp³-hybridized carbons (Fsp3) is 0.350. The second-order valence-corrected chi connectivity index (χ2v) is 6.40. The zero-order valence-electron chi connectivity index (χ0n) is 15.3. The molecule has 2 heterocycles. The Kier molecular flexibility index (Phi) is 5.21. The molecule has 1 aromatic carbocycles. The van der Waals surface area contributed by atoms with Crippen LogP contribution in [0, 0.1) is 6.92 Å². The number of carbonyl (C=O) groups excluding carboxylic acids is 2. The van der Waals surface area contributed by atoms with E-state index in [1.54, 1.807) is 12.1 Å². The van der Waals surface area contributed by atoms with Crippen LogP contribution in [0.5, 0.6) is 5.88 Å². The maximum Gasteiger partial charge on any atom is 0.257 e. The lowest BCUT2D eigenvalue weighted by Crippen LogP contribution is -2.28. The highest BCUT2D eigenvalue weighted by molar-refractivity contribution is 5.96. The van der Waals surface area contributed by atoms with Gasteiger partial charge in [-0.15, -0.1) is 0 Å².